The molecular formula is C28H27N4Na2O5P. The largest absolute Gasteiger partial charge is 1.00 e. The van der Waals surface area contributed by atoms with Crippen LogP contribution in [0.4, 0.5) is 5.69 Å². The number of anilines is 1. The smallest absolute Gasteiger partial charge is 0.807 e. The summed E-state index contributed by atoms with van der Waals surface area (Å²) in [6.07, 6.45) is 0.987. The van der Waals surface area contributed by atoms with Gasteiger partial charge in [-0.2, -0.15) is 0 Å². The summed E-state index contributed by atoms with van der Waals surface area (Å²) in [4.78, 5) is 47.8. The Bertz CT molecular complexity index is 1570. The normalized spacial score (nSPS) is 13.9. The van der Waals surface area contributed by atoms with Gasteiger partial charge in [0.1, 0.15) is 12.4 Å². The molecule has 3 aromatic carbocycles. The molecule has 0 atom stereocenters. The molecule has 0 unspecified atom stereocenters. The molecule has 4 aromatic rings. The zero-order chi connectivity index (χ0) is 26.9. The molecule has 0 saturated carbocycles. The minimum absolute atomic E-state index is 0. The minimum atomic E-state index is -4.81. The van der Waals surface area contributed by atoms with Crippen molar-refractivity contribution in [3.8, 4) is 0 Å². The Hall–Kier alpha value is -1.78. The van der Waals surface area contributed by atoms with E-state index < -0.39 is 7.60 Å². The van der Waals surface area contributed by atoms with Crippen LogP contribution in [0, 0.1) is 5.92 Å². The van der Waals surface area contributed by atoms with E-state index in [4.69, 9.17) is 9.82 Å². The number of nitrogens with zero attached hydrogens (tertiary/aromatic N) is 4. The number of para-hydroxylation sites is 3. The Labute approximate surface area is 277 Å². The van der Waals surface area contributed by atoms with Crippen molar-refractivity contribution in [2.45, 2.75) is 40.0 Å². The van der Waals surface area contributed by atoms with E-state index in [2.05, 4.69) is 23.6 Å². The number of imidazole rings is 1. The minimum Gasteiger partial charge on any atom is -0.807 e. The maximum atomic E-state index is 13.5. The molecule has 12 heteroatoms. The van der Waals surface area contributed by atoms with Crippen LogP contribution in [-0.4, -0.2) is 21.2 Å². The molecule has 196 valence electrons. The third-order valence-corrected chi connectivity index (χ3v) is 7.43. The van der Waals surface area contributed by atoms with Gasteiger partial charge in [0.05, 0.1) is 23.3 Å². The Morgan fingerprint density at radius 3 is 2.35 bits per heavy atom. The third kappa shape index (κ3) is 7.16. The molecule has 0 aliphatic carbocycles. The van der Waals surface area contributed by atoms with Gasteiger partial charge in [0.25, 0.3) is 5.91 Å². The second-order valence-electron chi connectivity index (χ2n) is 9.64. The number of hydrogen-bond donors (Lipinski definition) is 0. The molecular weight excluding hydrogens is 549 g/mol. The van der Waals surface area contributed by atoms with Crippen molar-refractivity contribution in [1.29, 1.82) is 0 Å². The third-order valence-electron chi connectivity index (χ3n) is 6.50. The van der Waals surface area contributed by atoms with Crippen LogP contribution in [0.15, 0.2) is 78.0 Å². The fourth-order valence-corrected chi connectivity index (χ4v) is 4.99. The zero-order valence-electron chi connectivity index (χ0n) is 23.1. The van der Waals surface area contributed by atoms with Gasteiger partial charge in [0.2, 0.25) is 0 Å². The number of aromatic nitrogens is 2. The molecule has 0 spiro atoms. The standard InChI is InChI=1S/C28H29N4O5P.2Na/c1-19(2)15-16-31-25-10-6-4-8-23(25)29-26(31)17-32-24-9-5-3-7-22(24)27(28(32)33)30-37-18-20-11-13-21(14-12-20)38(34,35)36;;/h3-14,19H,15-18H2,1-2H3,(H2,34,35,36);;/q;2*+1/p-2/b30-27+;;. The van der Waals surface area contributed by atoms with Gasteiger partial charge in [-0.3, -0.25) is 9.69 Å². The topological polar surface area (TPSA) is 123 Å². The summed E-state index contributed by atoms with van der Waals surface area (Å²) in [6.45, 7) is 5.46. The van der Waals surface area contributed by atoms with E-state index in [1.807, 2.05) is 48.5 Å². The van der Waals surface area contributed by atoms with Crippen molar-refractivity contribution < 1.29 is 83.1 Å². The number of amides is 1. The Balaban J connectivity index is 0.00000220. The monoisotopic (exact) mass is 576 g/mol. The molecule has 0 N–H and O–H groups in total. The van der Waals surface area contributed by atoms with E-state index >= 15 is 0 Å². The molecule has 2 heterocycles. The molecule has 1 aliphatic rings. The summed E-state index contributed by atoms with van der Waals surface area (Å²) in [5, 5.41) is 3.86. The first-order valence-electron chi connectivity index (χ1n) is 12.4. The van der Waals surface area contributed by atoms with Crippen molar-refractivity contribution in [2.24, 2.45) is 11.1 Å². The summed E-state index contributed by atoms with van der Waals surface area (Å²) in [5.74, 6) is 1.03. The van der Waals surface area contributed by atoms with Crippen LogP contribution in [0.3, 0.4) is 0 Å². The van der Waals surface area contributed by atoms with E-state index in [-0.39, 0.29) is 89.2 Å². The van der Waals surface area contributed by atoms with Gasteiger partial charge >= 0.3 is 59.1 Å². The van der Waals surface area contributed by atoms with Gasteiger partial charge in [-0.05, 0) is 49.0 Å². The van der Waals surface area contributed by atoms with Gasteiger partial charge in [0.15, 0.2) is 5.71 Å². The van der Waals surface area contributed by atoms with Crippen LogP contribution in [0.1, 0.15) is 37.2 Å². The SMILES string of the molecule is CC(C)CCn1c(CN2C(=O)/C(=N/OCc3ccc(P(=O)([O-])[O-])cc3)c3ccccc32)nc2ccccc21.[Na+].[Na+]. The van der Waals surface area contributed by atoms with Gasteiger partial charge in [0, 0.05) is 12.1 Å². The van der Waals surface area contributed by atoms with E-state index in [1.54, 1.807) is 4.90 Å². The van der Waals surface area contributed by atoms with Crippen LogP contribution >= 0.6 is 7.60 Å². The van der Waals surface area contributed by atoms with Crippen LogP contribution < -0.4 is 79.1 Å². The van der Waals surface area contributed by atoms with E-state index in [0.29, 0.717) is 17.0 Å². The van der Waals surface area contributed by atoms with Crippen molar-refractivity contribution in [2.75, 3.05) is 4.90 Å². The number of hydrogen-bond acceptors (Lipinski definition) is 7. The van der Waals surface area contributed by atoms with Crippen molar-refractivity contribution >= 4 is 41.2 Å². The molecule has 5 rings (SSSR count). The quantitative estimate of drug-likeness (QED) is 0.120. The Kier molecular flexibility index (Phi) is 11.4. The summed E-state index contributed by atoms with van der Waals surface area (Å²) in [6, 6.07) is 20.8. The maximum Gasteiger partial charge on any atom is 1.00 e. The number of carbonyl (C=O) groups excluding carboxylic acids is 1. The second-order valence-corrected chi connectivity index (χ2v) is 11.1. The van der Waals surface area contributed by atoms with Crippen molar-refractivity contribution in [3.63, 3.8) is 0 Å². The molecule has 0 saturated heterocycles. The predicted octanol–water partition coefficient (Wildman–Crippen LogP) is -2.90. The molecule has 40 heavy (non-hydrogen) atoms. The van der Waals surface area contributed by atoms with Crippen LogP contribution in [0.5, 0.6) is 0 Å². The number of rotatable bonds is 9. The summed E-state index contributed by atoms with van der Waals surface area (Å²) in [7, 11) is -4.81. The molecule has 9 nitrogen and oxygen atoms in total. The number of carbonyl (C=O) groups is 1. The van der Waals surface area contributed by atoms with E-state index in [0.717, 1.165) is 35.5 Å². The average molecular weight is 577 g/mol. The number of benzene rings is 3. The second kappa shape index (κ2) is 13.9. The van der Waals surface area contributed by atoms with Gasteiger partial charge in [-0.25, -0.2) is 4.98 Å². The molecule has 0 fully saturated rings. The molecule has 0 bridgehead atoms. The summed E-state index contributed by atoms with van der Waals surface area (Å²) >= 11 is 0. The molecule has 1 aromatic heterocycles. The van der Waals surface area contributed by atoms with Crippen LogP contribution in [-0.2, 0) is 33.9 Å². The molecule has 1 aliphatic heterocycles. The maximum absolute atomic E-state index is 13.5. The average Bonchev–Trinajstić information content (AvgIpc) is 3.37. The van der Waals surface area contributed by atoms with Crippen molar-refractivity contribution in [3.05, 3.63) is 89.7 Å². The van der Waals surface area contributed by atoms with E-state index in [1.165, 1.54) is 24.3 Å². The zero-order valence-corrected chi connectivity index (χ0v) is 28.0. The van der Waals surface area contributed by atoms with Crippen molar-refractivity contribution in [1.82, 2.24) is 9.55 Å². The van der Waals surface area contributed by atoms with Crippen LogP contribution in [0.25, 0.3) is 11.0 Å². The number of oxime groups is 1. The number of aryl methyl sites for hydroxylation is 1. The Morgan fingerprint density at radius 1 is 0.975 bits per heavy atom. The Morgan fingerprint density at radius 2 is 1.65 bits per heavy atom. The molecule has 1 amide bonds. The predicted molar refractivity (Wildman–Crippen MR) is 142 cm³/mol. The summed E-state index contributed by atoms with van der Waals surface area (Å²) < 4.78 is 13.3. The first-order valence-corrected chi connectivity index (χ1v) is 13.9. The number of fused-ring (bicyclic) bond motifs is 2. The first-order chi connectivity index (χ1) is 18.2. The van der Waals surface area contributed by atoms with Gasteiger partial charge < -0.3 is 23.8 Å². The van der Waals surface area contributed by atoms with E-state index in [9.17, 15) is 19.1 Å². The van der Waals surface area contributed by atoms with Gasteiger partial charge in [-0.15, -0.1) is 0 Å². The van der Waals surface area contributed by atoms with Gasteiger partial charge in [-0.1, -0.05) is 73.6 Å². The molecule has 0 radical (unpaired) electrons. The first kappa shape index (κ1) is 32.7. The van der Waals surface area contributed by atoms with Crippen LogP contribution in [0.2, 0.25) is 0 Å². The fraction of sp³-hybridized carbons (Fsp3) is 0.250. The summed E-state index contributed by atoms with van der Waals surface area (Å²) in [5.41, 5.74) is 4.12. The fourth-order valence-electron chi connectivity index (χ4n) is 4.48.